The lowest BCUT2D eigenvalue weighted by molar-refractivity contribution is 0.677. The van der Waals surface area contributed by atoms with Gasteiger partial charge in [-0.15, -0.1) is 0 Å². The van der Waals surface area contributed by atoms with E-state index in [0.29, 0.717) is 4.90 Å². The number of nitrogens with zero attached hydrogens (tertiary/aromatic N) is 1. The van der Waals surface area contributed by atoms with Crippen molar-refractivity contribution in [1.82, 2.24) is 9.71 Å². The highest BCUT2D eigenvalue weighted by Gasteiger charge is 1.96. The minimum Gasteiger partial charge on any atom is -0.263 e. The average molecular weight is 186 g/mol. The van der Waals surface area contributed by atoms with Gasteiger partial charge < -0.3 is 0 Å². The van der Waals surface area contributed by atoms with Gasteiger partial charge in [-0.3, -0.25) is 4.98 Å². The van der Waals surface area contributed by atoms with Crippen LogP contribution in [0.3, 0.4) is 0 Å². The van der Waals surface area contributed by atoms with Gasteiger partial charge in [-0.1, -0.05) is 13.8 Å². The summed E-state index contributed by atoms with van der Waals surface area (Å²) in [5, 5.41) is 0. The van der Waals surface area contributed by atoms with E-state index < -0.39 is 11.0 Å². The minimum atomic E-state index is -1.10. The molecule has 1 unspecified atom stereocenters. The van der Waals surface area contributed by atoms with Crippen LogP contribution in [0.5, 0.6) is 0 Å². The van der Waals surface area contributed by atoms with Gasteiger partial charge in [0.25, 0.3) is 0 Å². The molecule has 3 nitrogen and oxygen atoms in total. The summed E-state index contributed by atoms with van der Waals surface area (Å²) in [5.41, 5.74) is 0. The molecule has 0 aliphatic rings. The molecule has 68 valence electrons. The molecule has 0 radical (unpaired) electrons. The monoisotopic (exact) mass is 186 g/mol. The first-order chi connectivity index (χ1) is 5.84. The van der Waals surface area contributed by atoms with Gasteiger partial charge in [0.1, 0.15) is 11.0 Å². The smallest absolute Gasteiger partial charge is 0.126 e. The number of hydrogen-bond donors (Lipinski definition) is 1. The fourth-order valence-corrected chi connectivity index (χ4v) is 1.17. The van der Waals surface area contributed by atoms with Crippen LogP contribution in [0.2, 0.25) is 0 Å². The van der Waals surface area contributed by atoms with Gasteiger partial charge in [-0.05, 0) is 19.2 Å². The standard InChI is InChI=1S/C6H8N2OS.C2H6/c1-7-10(9)6-3-2-4-8-5-6;1-2/h2-5,7H,1H3;1-2H3. The van der Waals surface area contributed by atoms with Crippen LogP contribution in [0.25, 0.3) is 0 Å². The van der Waals surface area contributed by atoms with Crippen molar-refractivity contribution in [2.24, 2.45) is 0 Å². The molecule has 1 aromatic heterocycles. The van der Waals surface area contributed by atoms with E-state index in [0.717, 1.165) is 0 Å². The molecule has 0 fully saturated rings. The number of aromatic nitrogens is 1. The molecular formula is C8H14N2OS. The largest absolute Gasteiger partial charge is 0.263 e. The Balaban J connectivity index is 0.000000561. The summed E-state index contributed by atoms with van der Waals surface area (Å²) in [6.07, 6.45) is 3.23. The lowest BCUT2D eigenvalue weighted by Gasteiger charge is -1.95. The lowest BCUT2D eigenvalue weighted by Crippen LogP contribution is -2.10. The molecule has 1 aromatic rings. The number of rotatable bonds is 2. The van der Waals surface area contributed by atoms with Gasteiger partial charge in [-0.25, -0.2) is 8.93 Å². The fraction of sp³-hybridized carbons (Fsp3) is 0.375. The van der Waals surface area contributed by atoms with Crippen molar-refractivity contribution >= 4 is 11.0 Å². The zero-order chi connectivity index (χ0) is 9.40. The highest BCUT2D eigenvalue weighted by molar-refractivity contribution is 7.83. The Labute approximate surface area is 75.8 Å². The quantitative estimate of drug-likeness (QED) is 0.757. The molecule has 0 aliphatic heterocycles. The molecule has 0 aliphatic carbocycles. The van der Waals surface area contributed by atoms with Crippen molar-refractivity contribution < 1.29 is 4.21 Å². The van der Waals surface area contributed by atoms with E-state index in [1.807, 2.05) is 13.8 Å². The zero-order valence-corrected chi connectivity index (χ0v) is 8.39. The molecule has 1 N–H and O–H groups in total. The third-order valence-electron chi connectivity index (χ3n) is 1.03. The number of hydrogen-bond acceptors (Lipinski definition) is 2. The van der Waals surface area contributed by atoms with E-state index in [4.69, 9.17) is 0 Å². The highest BCUT2D eigenvalue weighted by atomic mass is 32.2. The van der Waals surface area contributed by atoms with E-state index in [1.165, 1.54) is 0 Å². The van der Waals surface area contributed by atoms with Gasteiger partial charge in [0, 0.05) is 12.4 Å². The molecule has 4 heteroatoms. The van der Waals surface area contributed by atoms with Crippen LogP contribution >= 0.6 is 0 Å². The molecule has 1 atom stereocenters. The second-order valence-corrected chi connectivity index (χ2v) is 3.08. The maximum Gasteiger partial charge on any atom is 0.126 e. The summed E-state index contributed by atoms with van der Waals surface area (Å²) in [6.45, 7) is 4.00. The summed E-state index contributed by atoms with van der Waals surface area (Å²) in [5.74, 6) is 0. The van der Waals surface area contributed by atoms with Crippen molar-refractivity contribution in [1.29, 1.82) is 0 Å². The fourth-order valence-electron chi connectivity index (χ4n) is 0.575. The van der Waals surface area contributed by atoms with E-state index in [-0.39, 0.29) is 0 Å². The molecule has 0 amide bonds. The predicted octanol–water partition coefficient (Wildman–Crippen LogP) is 1.35. The molecular weight excluding hydrogens is 172 g/mol. The van der Waals surface area contributed by atoms with Gasteiger partial charge >= 0.3 is 0 Å². The summed E-state index contributed by atoms with van der Waals surface area (Å²) < 4.78 is 13.6. The average Bonchev–Trinajstić information content (AvgIpc) is 2.21. The third kappa shape index (κ3) is 3.59. The van der Waals surface area contributed by atoms with Crippen molar-refractivity contribution in [2.75, 3.05) is 7.05 Å². The summed E-state index contributed by atoms with van der Waals surface area (Å²) in [6, 6.07) is 3.52. The van der Waals surface area contributed by atoms with E-state index in [1.54, 1.807) is 31.6 Å². The Kier molecular flexibility index (Phi) is 6.51. The Morgan fingerprint density at radius 1 is 1.50 bits per heavy atom. The third-order valence-corrected chi connectivity index (χ3v) is 2.07. The Morgan fingerprint density at radius 3 is 2.58 bits per heavy atom. The van der Waals surface area contributed by atoms with E-state index in [2.05, 4.69) is 9.71 Å². The Hall–Kier alpha value is -0.740. The maximum atomic E-state index is 11.0. The topological polar surface area (TPSA) is 42.0 Å². The van der Waals surface area contributed by atoms with Gasteiger partial charge in [0.05, 0.1) is 4.90 Å². The molecule has 0 saturated carbocycles. The first-order valence-electron chi connectivity index (χ1n) is 3.84. The molecule has 1 heterocycles. The number of pyridine rings is 1. The Bertz CT molecular complexity index is 226. The van der Waals surface area contributed by atoms with Crippen LogP contribution in [0, 0.1) is 0 Å². The maximum absolute atomic E-state index is 11.0. The van der Waals surface area contributed by atoms with Crippen LogP contribution < -0.4 is 4.72 Å². The van der Waals surface area contributed by atoms with Crippen molar-refractivity contribution in [3.05, 3.63) is 24.5 Å². The minimum absolute atomic E-state index is 0.699. The van der Waals surface area contributed by atoms with Crippen molar-refractivity contribution in [2.45, 2.75) is 18.7 Å². The predicted molar refractivity (Wildman–Crippen MR) is 51.1 cm³/mol. The second-order valence-electron chi connectivity index (χ2n) is 1.66. The molecule has 1 rings (SSSR count). The Morgan fingerprint density at radius 2 is 2.17 bits per heavy atom. The number of nitrogens with one attached hydrogen (secondary N) is 1. The van der Waals surface area contributed by atoms with Crippen LogP contribution in [0.15, 0.2) is 29.4 Å². The summed E-state index contributed by atoms with van der Waals surface area (Å²) >= 11 is 0. The molecule has 0 spiro atoms. The first kappa shape index (κ1) is 11.3. The van der Waals surface area contributed by atoms with E-state index in [9.17, 15) is 4.21 Å². The second kappa shape index (κ2) is 6.94. The lowest BCUT2D eigenvalue weighted by atomic mass is 10.5. The summed E-state index contributed by atoms with van der Waals surface area (Å²) in [4.78, 5) is 4.52. The van der Waals surface area contributed by atoms with Crippen molar-refractivity contribution in [3.63, 3.8) is 0 Å². The molecule has 0 bridgehead atoms. The molecule has 0 saturated heterocycles. The van der Waals surface area contributed by atoms with Gasteiger partial charge in [0.15, 0.2) is 0 Å². The highest BCUT2D eigenvalue weighted by Crippen LogP contribution is 1.98. The SMILES string of the molecule is CC.CNS(=O)c1cccnc1. The van der Waals surface area contributed by atoms with E-state index >= 15 is 0 Å². The zero-order valence-electron chi connectivity index (χ0n) is 7.57. The van der Waals surface area contributed by atoms with Crippen molar-refractivity contribution in [3.8, 4) is 0 Å². The first-order valence-corrected chi connectivity index (χ1v) is 4.99. The van der Waals surface area contributed by atoms with Gasteiger partial charge in [-0.2, -0.15) is 0 Å². The van der Waals surface area contributed by atoms with Crippen LogP contribution in [-0.4, -0.2) is 16.2 Å². The van der Waals surface area contributed by atoms with Crippen LogP contribution in [0.1, 0.15) is 13.8 Å². The molecule has 0 aromatic carbocycles. The van der Waals surface area contributed by atoms with Crippen LogP contribution in [0.4, 0.5) is 0 Å². The summed E-state index contributed by atoms with van der Waals surface area (Å²) in [7, 11) is 0.539. The molecule has 12 heavy (non-hydrogen) atoms. The normalized spacial score (nSPS) is 11.2. The van der Waals surface area contributed by atoms with Gasteiger partial charge in [0.2, 0.25) is 0 Å². The van der Waals surface area contributed by atoms with Crippen LogP contribution in [-0.2, 0) is 11.0 Å².